The molecule has 0 unspecified atom stereocenters. The van der Waals surface area contributed by atoms with Crippen molar-refractivity contribution in [3.63, 3.8) is 0 Å². The fourth-order valence-electron chi connectivity index (χ4n) is 2.27. The van der Waals surface area contributed by atoms with Crippen molar-refractivity contribution in [1.82, 2.24) is 19.2 Å². The topological polar surface area (TPSA) is 23.8 Å². The number of hydrogen-bond acceptors (Lipinski definition) is 4. The first kappa shape index (κ1) is 13.9. The molecule has 0 amide bonds. The van der Waals surface area contributed by atoms with E-state index in [1.807, 2.05) is 24.4 Å². The fourth-order valence-corrected chi connectivity index (χ4v) is 3.41. The lowest BCUT2D eigenvalue weighted by Gasteiger charge is -2.33. The van der Waals surface area contributed by atoms with Crippen molar-refractivity contribution in [2.24, 2.45) is 0 Å². The van der Waals surface area contributed by atoms with Crippen molar-refractivity contribution >= 4 is 33.9 Å². The first-order valence-corrected chi connectivity index (χ1v) is 8.14. The van der Waals surface area contributed by atoms with Crippen LogP contribution in [0.3, 0.4) is 0 Å². The Labute approximate surface area is 128 Å². The van der Waals surface area contributed by atoms with Crippen molar-refractivity contribution < 1.29 is 0 Å². The number of hydrogen-bond donors (Lipinski definition) is 0. The summed E-state index contributed by atoms with van der Waals surface area (Å²) in [5, 5.41) is 0. The van der Waals surface area contributed by atoms with Crippen LogP contribution in [0.1, 0.15) is 5.69 Å². The highest BCUT2D eigenvalue weighted by Crippen LogP contribution is 2.17. The summed E-state index contributed by atoms with van der Waals surface area (Å²) < 4.78 is 3.05. The third-order valence-corrected chi connectivity index (χ3v) is 5.08. The van der Waals surface area contributed by atoms with E-state index in [4.69, 9.17) is 12.2 Å². The third-order valence-electron chi connectivity index (χ3n) is 3.52. The number of pyridine rings is 1. The second kappa shape index (κ2) is 6.11. The van der Waals surface area contributed by atoms with Gasteiger partial charge in [0.1, 0.15) is 9.97 Å². The molecule has 1 fully saturated rings. The molecule has 0 spiro atoms. The van der Waals surface area contributed by atoms with Gasteiger partial charge in [0.05, 0.1) is 5.69 Å². The molecule has 4 nitrogen and oxygen atoms in total. The minimum atomic E-state index is 0.840. The second-order valence-corrected chi connectivity index (χ2v) is 6.65. The zero-order chi connectivity index (χ0) is 13.9. The minimum Gasteiger partial charge on any atom is -0.355 e. The normalized spacial score (nSPS) is 16.8. The van der Waals surface area contributed by atoms with Gasteiger partial charge < -0.3 is 14.2 Å². The van der Waals surface area contributed by atoms with Gasteiger partial charge in [-0.25, -0.2) is 4.98 Å². The van der Waals surface area contributed by atoms with Crippen LogP contribution in [-0.4, -0.2) is 56.7 Å². The molecule has 20 heavy (non-hydrogen) atoms. The molecule has 2 aromatic rings. The number of imidazole rings is 1. The molecular formula is C14H18N4S2. The number of rotatable bonds is 2. The summed E-state index contributed by atoms with van der Waals surface area (Å²) in [7, 11) is 2.16. The number of piperazine rings is 1. The van der Waals surface area contributed by atoms with Crippen molar-refractivity contribution in [3.05, 3.63) is 36.3 Å². The van der Waals surface area contributed by atoms with Gasteiger partial charge in [-0.3, -0.25) is 0 Å². The molecule has 0 radical (unpaired) electrons. The molecule has 2 aromatic heterocycles. The molecule has 1 saturated heterocycles. The van der Waals surface area contributed by atoms with Crippen LogP contribution >= 0.6 is 24.0 Å². The van der Waals surface area contributed by atoms with Crippen LogP contribution in [0.4, 0.5) is 0 Å². The first-order chi connectivity index (χ1) is 9.72. The average Bonchev–Trinajstić information content (AvgIpc) is 2.88. The summed E-state index contributed by atoms with van der Waals surface area (Å²) >= 11 is 7.24. The maximum atomic E-state index is 5.53. The van der Waals surface area contributed by atoms with E-state index in [2.05, 4.69) is 32.4 Å². The van der Waals surface area contributed by atoms with Gasteiger partial charge in [0.2, 0.25) is 0 Å². The van der Waals surface area contributed by atoms with Gasteiger partial charge in [0, 0.05) is 44.3 Å². The molecule has 0 aliphatic carbocycles. The van der Waals surface area contributed by atoms with E-state index < -0.39 is 0 Å². The van der Waals surface area contributed by atoms with E-state index >= 15 is 0 Å². The zero-order valence-corrected chi connectivity index (χ0v) is 13.2. The van der Waals surface area contributed by atoms with Gasteiger partial charge in [0.25, 0.3) is 0 Å². The van der Waals surface area contributed by atoms with Crippen molar-refractivity contribution in [3.8, 4) is 0 Å². The molecule has 3 heterocycles. The highest BCUT2D eigenvalue weighted by atomic mass is 32.2. The summed E-state index contributed by atoms with van der Waals surface area (Å²) in [6.45, 7) is 4.26. The minimum absolute atomic E-state index is 0.840. The number of likely N-dealkylation sites (N-methyl/N-ethyl adjacent to an activating group) is 1. The van der Waals surface area contributed by atoms with Crippen LogP contribution in [0.5, 0.6) is 0 Å². The lowest BCUT2D eigenvalue weighted by atomic mass is 10.4. The van der Waals surface area contributed by atoms with E-state index in [9.17, 15) is 0 Å². The molecular weight excluding hydrogens is 288 g/mol. The first-order valence-electron chi connectivity index (χ1n) is 6.75. The summed E-state index contributed by atoms with van der Waals surface area (Å²) in [4.78, 5) is 9.24. The standard InChI is InChI=1S/C14H18N4S2/c1-16-6-8-17(9-7-16)14(19)20-11-12-10-18-5-3-2-4-13(18)15-12/h2-5,10H,6-9,11H2,1H3. The molecule has 0 saturated carbocycles. The SMILES string of the molecule is CN1CCN(C(=S)SCc2cn3ccccc3n2)CC1. The Bertz CT molecular complexity index is 569. The molecule has 1 aliphatic rings. The van der Waals surface area contributed by atoms with Crippen LogP contribution < -0.4 is 0 Å². The molecule has 0 N–H and O–H groups in total. The van der Waals surface area contributed by atoms with E-state index in [0.29, 0.717) is 0 Å². The Balaban J connectivity index is 1.57. The molecule has 1 aliphatic heterocycles. The summed E-state index contributed by atoms with van der Waals surface area (Å²) in [6, 6.07) is 6.04. The molecule has 106 valence electrons. The van der Waals surface area contributed by atoms with E-state index in [1.165, 1.54) is 0 Å². The Hall–Kier alpha value is -1.11. The highest BCUT2D eigenvalue weighted by molar-refractivity contribution is 8.22. The molecule has 0 aromatic carbocycles. The summed E-state index contributed by atoms with van der Waals surface area (Å²) in [5.74, 6) is 0.840. The third kappa shape index (κ3) is 3.13. The zero-order valence-electron chi connectivity index (χ0n) is 11.5. The number of aromatic nitrogens is 2. The van der Waals surface area contributed by atoms with E-state index in [-0.39, 0.29) is 0 Å². The molecule has 0 atom stereocenters. The Morgan fingerprint density at radius 2 is 2.10 bits per heavy atom. The smallest absolute Gasteiger partial charge is 0.137 e. The second-order valence-electron chi connectivity index (χ2n) is 5.04. The van der Waals surface area contributed by atoms with Crippen molar-refractivity contribution in [2.75, 3.05) is 33.2 Å². The van der Waals surface area contributed by atoms with Gasteiger partial charge in [-0.05, 0) is 19.2 Å². The van der Waals surface area contributed by atoms with Gasteiger partial charge in [-0.2, -0.15) is 0 Å². The molecule has 0 bridgehead atoms. The van der Waals surface area contributed by atoms with Gasteiger partial charge in [0.15, 0.2) is 0 Å². The van der Waals surface area contributed by atoms with Gasteiger partial charge in [-0.15, -0.1) is 0 Å². The number of fused-ring (bicyclic) bond motifs is 1. The maximum absolute atomic E-state index is 5.53. The van der Waals surface area contributed by atoms with Gasteiger partial charge in [-0.1, -0.05) is 30.0 Å². The van der Waals surface area contributed by atoms with Crippen LogP contribution in [-0.2, 0) is 5.75 Å². The van der Waals surface area contributed by atoms with Crippen molar-refractivity contribution in [1.29, 1.82) is 0 Å². The number of nitrogens with zero attached hydrogens (tertiary/aromatic N) is 4. The maximum Gasteiger partial charge on any atom is 0.137 e. The average molecular weight is 306 g/mol. The molecule has 3 rings (SSSR count). The Morgan fingerprint density at radius 3 is 2.85 bits per heavy atom. The van der Waals surface area contributed by atoms with Crippen LogP contribution in [0.25, 0.3) is 5.65 Å². The predicted octanol–water partition coefficient (Wildman–Crippen LogP) is 2.10. The highest BCUT2D eigenvalue weighted by Gasteiger charge is 2.16. The lowest BCUT2D eigenvalue weighted by molar-refractivity contribution is 0.220. The number of thiocarbonyl (C=S) groups is 1. The fraction of sp³-hybridized carbons (Fsp3) is 0.429. The Morgan fingerprint density at radius 1 is 1.30 bits per heavy atom. The summed E-state index contributed by atoms with van der Waals surface area (Å²) in [6.07, 6.45) is 4.10. The lowest BCUT2D eigenvalue weighted by Crippen LogP contribution is -2.45. The van der Waals surface area contributed by atoms with Crippen LogP contribution in [0, 0.1) is 0 Å². The van der Waals surface area contributed by atoms with Crippen LogP contribution in [0.2, 0.25) is 0 Å². The van der Waals surface area contributed by atoms with E-state index in [1.54, 1.807) is 11.8 Å². The van der Waals surface area contributed by atoms with Gasteiger partial charge >= 0.3 is 0 Å². The monoisotopic (exact) mass is 306 g/mol. The van der Waals surface area contributed by atoms with Crippen molar-refractivity contribution in [2.45, 2.75) is 5.75 Å². The molecule has 6 heteroatoms. The van der Waals surface area contributed by atoms with E-state index in [0.717, 1.165) is 47.6 Å². The number of thioether (sulfide) groups is 1. The summed E-state index contributed by atoms with van der Waals surface area (Å²) in [5.41, 5.74) is 2.08. The quantitative estimate of drug-likeness (QED) is 0.791. The largest absolute Gasteiger partial charge is 0.355 e. The Kier molecular flexibility index (Phi) is 4.24. The van der Waals surface area contributed by atoms with Crippen LogP contribution in [0.15, 0.2) is 30.6 Å². The predicted molar refractivity (Wildman–Crippen MR) is 88.2 cm³/mol.